The highest BCUT2D eigenvalue weighted by Crippen LogP contribution is 2.45. The molecular weight excluding hydrogens is 282 g/mol. The van der Waals surface area contributed by atoms with Crippen molar-refractivity contribution in [3.8, 4) is 0 Å². The maximum Gasteiger partial charge on any atom is 0.240 e. The minimum atomic E-state index is -0.502. The molecule has 1 aromatic carbocycles. The average Bonchev–Trinajstić information content (AvgIpc) is 3.07. The van der Waals surface area contributed by atoms with Gasteiger partial charge in [-0.05, 0) is 24.1 Å². The lowest BCUT2D eigenvalue weighted by Crippen LogP contribution is -2.36. The minimum absolute atomic E-state index is 0.172. The van der Waals surface area contributed by atoms with Crippen LogP contribution in [0.1, 0.15) is 12.8 Å². The topological polar surface area (TPSA) is 63.7 Å². The van der Waals surface area contributed by atoms with Gasteiger partial charge in [0.2, 0.25) is 11.8 Å². The van der Waals surface area contributed by atoms with Crippen LogP contribution in [0.15, 0.2) is 42.0 Å². The van der Waals surface area contributed by atoms with E-state index < -0.39 is 18.1 Å². The molecule has 1 aliphatic carbocycles. The van der Waals surface area contributed by atoms with E-state index in [2.05, 4.69) is 0 Å². The van der Waals surface area contributed by atoms with Gasteiger partial charge in [-0.2, -0.15) is 0 Å². The number of anilines is 1. The Morgan fingerprint density at radius 1 is 1.14 bits per heavy atom. The molecule has 5 nitrogen and oxygen atoms in total. The quantitative estimate of drug-likeness (QED) is 0.471. The number of aldehydes is 1. The van der Waals surface area contributed by atoms with Crippen molar-refractivity contribution in [2.45, 2.75) is 25.0 Å². The van der Waals surface area contributed by atoms with Gasteiger partial charge in [-0.1, -0.05) is 24.3 Å². The summed E-state index contributed by atoms with van der Waals surface area (Å²) in [7, 11) is 0. The molecule has 0 N–H and O–H groups in total. The van der Waals surface area contributed by atoms with Crippen molar-refractivity contribution in [2.75, 3.05) is 4.90 Å². The maximum absolute atomic E-state index is 12.8. The monoisotopic (exact) mass is 297 g/mol. The smallest absolute Gasteiger partial charge is 0.240 e. The third-order valence-electron chi connectivity index (χ3n) is 4.73. The number of benzene rings is 1. The number of para-hydroxylation sites is 1. The minimum Gasteiger partial charge on any atom is -0.362 e. The Kier molecular flexibility index (Phi) is 2.97. The fourth-order valence-corrected chi connectivity index (χ4v) is 3.71. The molecule has 2 amide bonds. The Balaban J connectivity index is 1.70. The van der Waals surface area contributed by atoms with Gasteiger partial charge in [0.05, 0.1) is 23.6 Å². The summed E-state index contributed by atoms with van der Waals surface area (Å²) >= 11 is 0. The number of allylic oxidation sites excluding steroid dienone is 1. The molecule has 0 bridgehead atoms. The Labute approximate surface area is 127 Å². The molecule has 1 aromatic rings. The molecule has 2 heterocycles. The van der Waals surface area contributed by atoms with E-state index in [1.165, 1.54) is 4.90 Å². The van der Waals surface area contributed by atoms with Gasteiger partial charge in [-0.25, -0.2) is 4.90 Å². The number of imide groups is 1. The molecule has 4 atom stereocenters. The van der Waals surface area contributed by atoms with E-state index in [0.29, 0.717) is 18.5 Å². The first-order chi connectivity index (χ1) is 10.7. The lowest BCUT2D eigenvalue weighted by molar-refractivity contribution is -0.129. The second-order valence-electron chi connectivity index (χ2n) is 5.93. The molecule has 22 heavy (non-hydrogen) atoms. The number of hydrogen-bond acceptors (Lipinski definition) is 4. The predicted octanol–water partition coefficient (Wildman–Crippen LogP) is 1.48. The Hall–Kier alpha value is -2.27. The number of fused-ring (bicyclic) bond motifs is 3. The Bertz CT molecular complexity index is 681. The summed E-state index contributed by atoms with van der Waals surface area (Å²) < 4.78 is 5.70. The standard InChI is InChI=1S/C17H15NO4/c19-9-12-8-10-6-7-13-14(15(10)22-12)17(21)18(16(13)20)11-4-2-1-3-5-11/h1-6,9,12-15H,7-8H2/t12-,13+,14+,15-/m0/s1. The average molecular weight is 297 g/mol. The zero-order valence-electron chi connectivity index (χ0n) is 11.8. The van der Waals surface area contributed by atoms with Gasteiger partial charge >= 0.3 is 0 Å². The summed E-state index contributed by atoms with van der Waals surface area (Å²) in [4.78, 5) is 37.7. The molecular formula is C17H15NO4. The van der Waals surface area contributed by atoms with Gasteiger partial charge < -0.3 is 9.53 Å². The summed E-state index contributed by atoms with van der Waals surface area (Å²) in [5.74, 6) is -1.28. The van der Waals surface area contributed by atoms with E-state index in [-0.39, 0.29) is 17.7 Å². The van der Waals surface area contributed by atoms with E-state index >= 15 is 0 Å². The number of hydrogen-bond donors (Lipinski definition) is 0. The zero-order chi connectivity index (χ0) is 15.3. The third kappa shape index (κ3) is 1.78. The van der Waals surface area contributed by atoms with E-state index in [4.69, 9.17) is 4.74 Å². The van der Waals surface area contributed by atoms with Crippen LogP contribution in [0.4, 0.5) is 5.69 Å². The predicted molar refractivity (Wildman–Crippen MR) is 78.0 cm³/mol. The van der Waals surface area contributed by atoms with Crippen LogP contribution in [-0.4, -0.2) is 30.3 Å². The molecule has 2 saturated heterocycles. The highest BCUT2D eigenvalue weighted by atomic mass is 16.5. The van der Waals surface area contributed by atoms with Crippen LogP contribution in [0.5, 0.6) is 0 Å². The van der Waals surface area contributed by atoms with Gasteiger partial charge in [0.25, 0.3) is 0 Å². The molecule has 0 unspecified atom stereocenters. The van der Waals surface area contributed by atoms with Crippen molar-refractivity contribution < 1.29 is 19.1 Å². The molecule has 0 aromatic heterocycles. The Morgan fingerprint density at radius 3 is 2.64 bits per heavy atom. The first kappa shape index (κ1) is 13.4. The molecule has 3 aliphatic rings. The van der Waals surface area contributed by atoms with Crippen LogP contribution in [0.3, 0.4) is 0 Å². The number of carbonyl (C=O) groups is 3. The molecule has 0 spiro atoms. The molecule has 5 heteroatoms. The van der Waals surface area contributed by atoms with Crippen LogP contribution in [-0.2, 0) is 19.1 Å². The van der Waals surface area contributed by atoms with Crippen LogP contribution in [0.2, 0.25) is 0 Å². The highest BCUT2D eigenvalue weighted by Gasteiger charge is 2.55. The van der Waals surface area contributed by atoms with Crippen molar-refractivity contribution in [1.82, 2.24) is 0 Å². The van der Waals surface area contributed by atoms with Gasteiger partial charge in [0, 0.05) is 6.42 Å². The summed E-state index contributed by atoms with van der Waals surface area (Å²) in [6, 6.07) is 8.96. The van der Waals surface area contributed by atoms with Crippen LogP contribution >= 0.6 is 0 Å². The summed E-state index contributed by atoms with van der Waals surface area (Å²) in [6.07, 6.45) is 2.88. The van der Waals surface area contributed by atoms with Gasteiger partial charge in [0.15, 0.2) is 0 Å². The van der Waals surface area contributed by atoms with Crippen molar-refractivity contribution in [2.24, 2.45) is 11.8 Å². The SMILES string of the molecule is O=C[C@@H]1CC2=CC[C@H]3C(=O)N(c4ccccc4)C(=O)[C@H]3[C@H]2O1. The van der Waals surface area contributed by atoms with Gasteiger partial charge in [0.1, 0.15) is 12.4 Å². The third-order valence-corrected chi connectivity index (χ3v) is 4.73. The van der Waals surface area contributed by atoms with Gasteiger partial charge in [-0.15, -0.1) is 0 Å². The van der Waals surface area contributed by atoms with Crippen molar-refractivity contribution in [3.05, 3.63) is 42.0 Å². The van der Waals surface area contributed by atoms with E-state index in [0.717, 1.165) is 11.9 Å². The second-order valence-corrected chi connectivity index (χ2v) is 5.93. The second kappa shape index (κ2) is 4.88. The highest BCUT2D eigenvalue weighted by molar-refractivity contribution is 6.22. The number of carbonyl (C=O) groups excluding carboxylic acids is 3. The fraction of sp³-hybridized carbons (Fsp3) is 0.353. The lowest BCUT2D eigenvalue weighted by atomic mass is 9.79. The van der Waals surface area contributed by atoms with Crippen LogP contribution in [0.25, 0.3) is 0 Å². The van der Waals surface area contributed by atoms with Crippen LogP contribution < -0.4 is 4.90 Å². The number of rotatable bonds is 2. The summed E-state index contributed by atoms with van der Waals surface area (Å²) in [5.41, 5.74) is 1.58. The largest absolute Gasteiger partial charge is 0.362 e. The molecule has 0 saturated carbocycles. The molecule has 2 fully saturated rings. The Morgan fingerprint density at radius 2 is 1.91 bits per heavy atom. The first-order valence-corrected chi connectivity index (χ1v) is 7.43. The maximum atomic E-state index is 12.8. The fourth-order valence-electron chi connectivity index (χ4n) is 3.71. The van der Waals surface area contributed by atoms with Crippen molar-refractivity contribution in [1.29, 1.82) is 0 Å². The molecule has 4 rings (SSSR count). The first-order valence-electron chi connectivity index (χ1n) is 7.43. The van der Waals surface area contributed by atoms with E-state index in [1.54, 1.807) is 24.3 Å². The molecule has 0 radical (unpaired) electrons. The normalized spacial score (nSPS) is 33.5. The van der Waals surface area contributed by atoms with Crippen LogP contribution in [0, 0.1) is 11.8 Å². The lowest BCUT2D eigenvalue weighted by Gasteiger charge is -2.25. The van der Waals surface area contributed by atoms with Crippen molar-refractivity contribution in [3.63, 3.8) is 0 Å². The number of nitrogens with zero attached hydrogens (tertiary/aromatic N) is 1. The van der Waals surface area contributed by atoms with Crippen molar-refractivity contribution >= 4 is 23.8 Å². The molecule has 112 valence electrons. The van der Waals surface area contributed by atoms with E-state index in [1.807, 2.05) is 12.1 Å². The van der Waals surface area contributed by atoms with E-state index in [9.17, 15) is 14.4 Å². The molecule has 2 aliphatic heterocycles. The summed E-state index contributed by atoms with van der Waals surface area (Å²) in [5, 5.41) is 0. The van der Waals surface area contributed by atoms with Gasteiger partial charge in [-0.3, -0.25) is 9.59 Å². The summed E-state index contributed by atoms with van der Waals surface area (Å²) in [6.45, 7) is 0. The number of ether oxygens (including phenoxy) is 1. The zero-order valence-corrected chi connectivity index (χ0v) is 11.8. The number of amides is 2.